The summed E-state index contributed by atoms with van der Waals surface area (Å²) in [5.41, 5.74) is 1.62. The van der Waals surface area contributed by atoms with Gasteiger partial charge in [0.2, 0.25) is 0 Å². The Morgan fingerprint density at radius 3 is 2.73 bits per heavy atom. The summed E-state index contributed by atoms with van der Waals surface area (Å²) < 4.78 is 11.5. The quantitative estimate of drug-likeness (QED) is 0.362. The van der Waals surface area contributed by atoms with Gasteiger partial charge in [-0.1, -0.05) is 0 Å². The van der Waals surface area contributed by atoms with Crippen molar-refractivity contribution in [2.24, 2.45) is 0 Å². The number of ether oxygens (including phenoxy) is 2. The number of hydrogen-bond acceptors (Lipinski definition) is 3. The first-order valence-corrected chi connectivity index (χ1v) is 5.72. The molecular formula is C11H13IO3. The molecule has 15 heavy (non-hydrogen) atoms. The number of aldehydes is 1. The number of carbonyl (C=O) groups excluding carboxylic acids is 1. The Morgan fingerprint density at radius 2 is 2.20 bits per heavy atom. The Labute approximate surface area is 103 Å². The van der Waals surface area contributed by atoms with Crippen molar-refractivity contribution in [3.05, 3.63) is 26.8 Å². The molecule has 0 saturated heterocycles. The molecule has 0 N–H and O–H groups in total. The van der Waals surface area contributed by atoms with E-state index in [-0.39, 0.29) is 6.79 Å². The van der Waals surface area contributed by atoms with Crippen LogP contribution in [0.5, 0.6) is 5.75 Å². The summed E-state index contributed by atoms with van der Waals surface area (Å²) >= 11 is 2.15. The molecule has 0 fully saturated rings. The predicted molar refractivity (Wildman–Crippen MR) is 66.4 cm³/mol. The molecule has 0 aliphatic heterocycles. The molecule has 0 bridgehead atoms. The van der Waals surface area contributed by atoms with Gasteiger partial charge in [0.25, 0.3) is 0 Å². The van der Waals surface area contributed by atoms with Crippen molar-refractivity contribution in [2.75, 3.05) is 13.4 Å². The first kappa shape index (κ1) is 12.4. The molecule has 3 nitrogen and oxygen atoms in total. The van der Waals surface area contributed by atoms with E-state index in [1.165, 1.54) is 0 Å². The fraction of sp³-hybridized carbons (Fsp3) is 0.364. The van der Waals surface area contributed by atoms with Crippen molar-refractivity contribution in [1.82, 2.24) is 0 Å². The molecule has 0 aromatic heterocycles. The van der Waals surface area contributed by atoms with E-state index in [1.54, 1.807) is 12.1 Å². The molecule has 0 spiro atoms. The lowest BCUT2D eigenvalue weighted by Gasteiger charge is -2.11. The molecule has 0 saturated carbocycles. The minimum Gasteiger partial charge on any atom is -0.466 e. The summed E-state index contributed by atoms with van der Waals surface area (Å²) in [7, 11) is 0. The summed E-state index contributed by atoms with van der Waals surface area (Å²) in [5.74, 6) is 0.787. The molecule has 0 radical (unpaired) electrons. The van der Waals surface area contributed by atoms with Gasteiger partial charge in [-0.25, -0.2) is 0 Å². The molecule has 0 aliphatic carbocycles. The van der Waals surface area contributed by atoms with Crippen molar-refractivity contribution in [2.45, 2.75) is 13.8 Å². The molecule has 0 aliphatic rings. The third-order valence-electron chi connectivity index (χ3n) is 1.88. The molecule has 1 aromatic rings. The van der Waals surface area contributed by atoms with Gasteiger partial charge in [0.15, 0.2) is 6.79 Å². The van der Waals surface area contributed by atoms with Crippen molar-refractivity contribution >= 4 is 28.9 Å². The van der Waals surface area contributed by atoms with Crippen molar-refractivity contribution in [1.29, 1.82) is 0 Å². The van der Waals surface area contributed by atoms with E-state index in [0.29, 0.717) is 12.2 Å². The second-order valence-corrected chi connectivity index (χ2v) is 4.18. The fourth-order valence-electron chi connectivity index (χ4n) is 1.19. The minimum absolute atomic E-state index is 0.244. The van der Waals surface area contributed by atoms with E-state index in [2.05, 4.69) is 22.6 Å². The maximum Gasteiger partial charge on any atom is 0.189 e. The number of benzene rings is 1. The summed E-state index contributed by atoms with van der Waals surface area (Å²) in [5, 5.41) is 0. The van der Waals surface area contributed by atoms with Crippen LogP contribution in [0.4, 0.5) is 0 Å². The van der Waals surface area contributed by atoms with E-state index in [1.807, 2.05) is 13.8 Å². The molecule has 0 heterocycles. The zero-order valence-corrected chi connectivity index (χ0v) is 10.9. The zero-order chi connectivity index (χ0) is 11.3. The third kappa shape index (κ3) is 3.46. The van der Waals surface area contributed by atoms with E-state index in [0.717, 1.165) is 21.2 Å². The van der Waals surface area contributed by atoms with Gasteiger partial charge in [0, 0.05) is 12.2 Å². The number of halogens is 1. The van der Waals surface area contributed by atoms with Crippen molar-refractivity contribution in [3.63, 3.8) is 0 Å². The van der Waals surface area contributed by atoms with Crippen molar-refractivity contribution < 1.29 is 14.3 Å². The second-order valence-electron chi connectivity index (χ2n) is 3.02. The molecule has 0 unspecified atom stereocenters. The van der Waals surface area contributed by atoms with Crippen LogP contribution < -0.4 is 4.74 Å². The van der Waals surface area contributed by atoms with Gasteiger partial charge in [0.1, 0.15) is 12.0 Å². The van der Waals surface area contributed by atoms with Crippen LogP contribution in [0, 0.1) is 10.5 Å². The summed E-state index contributed by atoms with van der Waals surface area (Å²) in [4.78, 5) is 10.6. The van der Waals surface area contributed by atoms with Gasteiger partial charge in [-0.3, -0.25) is 4.79 Å². The van der Waals surface area contributed by atoms with Crippen LogP contribution in [0.15, 0.2) is 12.1 Å². The Kier molecular flexibility index (Phi) is 5.04. The largest absolute Gasteiger partial charge is 0.466 e. The lowest BCUT2D eigenvalue weighted by atomic mass is 10.1. The Morgan fingerprint density at radius 1 is 1.47 bits per heavy atom. The van der Waals surface area contributed by atoms with E-state index in [9.17, 15) is 4.79 Å². The smallest absolute Gasteiger partial charge is 0.189 e. The Hall–Kier alpha value is -0.620. The first-order chi connectivity index (χ1) is 7.19. The molecule has 82 valence electrons. The Bertz CT molecular complexity index is 327. The summed E-state index contributed by atoms with van der Waals surface area (Å²) in [6, 6.07) is 3.60. The average Bonchev–Trinajstić information content (AvgIpc) is 2.22. The van der Waals surface area contributed by atoms with Gasteiger partial charge >= 0.3 is 0 Å². The zero-order valence-electron chi connectivity index (χ0n) is 8.75. The van der Waals surface area contributed by atoms with Crippen LogP contribution in [0.25, 0.3) is 0 Å². The third-order valence-corrected chi connectivity index (χ3v) is 2.68. The maximum absolute atomic E-state index is 10.6. The van der Waals surface area contributed by atoms with Gasteiger partial charge in [-0.2, -0.15) is 0 Å². The summed E-state index contributed by atoms with van der Waals surface area (Å²) in [6.07, 6.45) is 0.835. The van der Waals surface area contributed by atoms with Crippen LogP contribution in [-0.2, 0) is 4.74 Å². The highest BCUT2D eigenvalue weighted by Crippen LogP contribution is 2.26. The van der Waals surface area contributed by atoms with Crippen LogP contribution in [0.2, 0.25) is 0 Å². The van der Waals surface area contributed by atoms with Crippen LogP contribution >= 0.6 is 22.6 Å². The summed E-state index contributed by atoms with van der Waals surface area (Å²) in [6.45, 7) is 4.70. The van der Waals surface area contributed by atoms with Crippen LogP contribution in [-0.4, -0.2) is 19.7 Å². The van der Waals surface area contributed by atoms with Crippen LogP contribution in [0.3, 0.4) is 0 Å². The lowest BCUT2D eigenvalue weighted by molar-refractivity contribution is 0.0215. The van der Waals surface area contributed by atoms with E-state index in [4.69, 9.17) is 9.47 Å². The standard InChI is InChI=1S/C11H13IO3/c1-3-14-7-15-11-8(2)4-9(6-13)5-10(11)12/h4-6H,3,7H2,1-2H3. The van der Waals surface area contributed by atoms with Gasteiger partial charge in [-0.15, -0.1) is 0 Å². The maximum atomic E-state index is 10.6. The number of rotatable bonds is 5. The van der Waals surface area contributed by atoms with Gasteiger partial charge in [0.05, 0.1) is 3.57 Å². The van der Waals surface area contributed by atoms with Gasteiger partial charge in [-0.05, 0) is 54.1 Å². The highest BCUT2D eigenvalue weighted by Gasteiger charge is 2.07. The number of aryl methyl sites for hydroxylation is 1. The lowest BCUT2D eigenvalue weighted by Crippen LogP contribution is -2.05. The Balaban J connectivity index is 2.83. The monoisotopic (exact) mass is 320 g/mol. The molecule has 4 heteroatoms. The molecule has 1 rings (SSSR count). The average molecular weight is 320 g/mol. The van der Waals surface area contributed by atoms with Gasteiger partial charge < -0.3 is 9.47 Å². The molecule has 0 atom stereocenters. The van der Waals surface area contributed by atoms with Crippen molar-refractivity contribution in [3.8, 4) is 5.75 Å². The predicted octanol–water partition coefficient (Wildman–Crippen LogP) is 2.78. The van der Waals surface area contributed by atoms with E-state index < -0.39 is 0 Å². The number of hydrogen-bond donors (Lipinski definition) is 0. The fourth-order valence-corrected chi connectivity index (χ4v) is 2.13. The SMILES string of the molecule is CCOCOc1c(C)cc(C=O)cc1I. The molecule has 1 aromatic carbocycles. The van der Waals surface area contributed by atoms with Crippen LogP contribution in [0.1, 0.15) is 22.8 Å². The minimum atomic E-state index is 0.244. The normalized spacial score (nSPS) is 10.1. The van der Waals surface area contributed by atoms with E-state index >= 15 is 0 Å². The topological polar surface area (TPSA) is 35.5 Å². The molecular weight excluding hydrogens is 307 g/mol. The number of carbonyl (C=O) groups is 1. The second kappa shape index (κ2) is 6.07. The molecule has 0 amide bonds. The first-order valence-electron chi connectivity index (χ1n) is 4.65. The highest BCUT2D eigenvalue weighted by molar-refractivity contribution is 14.1. The highest BCUT2D eigenvalue weighted by atomic mass is 127.